The summed E-state index contributed by atoms with van der Waals surface area (Å²) >= 11 is 0. The van der Waals surface area contributed by atoms with Gasteiger partial charge in [0.05, 0.1) is 12.8 Å². The van der Waals surface area contributed by atoms with Gasteiger partial charge in [-0.3, -0.25) is 4.90 Å². The van der Waals surface area contributed by atoms with Crippen molar-refractivity contribution in [2.24, 2.45) is 0 Å². The van der Waals surface area contributed by atoms with Crippen molar-refractivity contribution in [2.45, 2.75) is 13.5 Å². The number of nitriles is 1. The number of rotatable bonds is 5. The number of anilines is 1. The molecule has 0 aliphatic carbocycles. The first-order valence-corrected chi connectivity index (χ1v) is 10.0. The summed E-state index contributed by atoms with van der Waals surface area (Å²) in [5, 5.41) is 13.6. The fourth-order valence-electron chi connectivity index (χ4n) is 3.63. The summed E-state index contributed by atoms with van der Waals surface area (Å²) in [6.07, 6.45) is 1.55. The highest BCUT2D eigenvalue weighted by Gasteiger charge is 2.26. The van der Waals surface area contributed by atoms with Gasteiger partial charge in [-0.1, -0.05) is 28.9 Å². The topological polar surface area (TPSA) is 108 Å². The molecular weight excluding hydrogens is 396 g/mol. The zero-order valence-corrected chi connectivity index (χ0v) is 17.0. The van der Waals surface area contributed by atoms with Crippen molar-refractivity contribution in [2.75, 3.05) is 31.1 Å². The predicted molar refractivity (Wildman–Crippen MR) is 111 cm³/mol. The van der Waals surface area contributed by atoms with Crippen LogP contribution in [0.3, 0.4) is 0 Å². The normalized spacial score (nSPS) is 14.6. The largest absolute Gasteiger partial charge is 0.459 e. The number of nitrogens with zero attached hydrogens (tertiary/aromatic N) is 6. The lowest BCUT2D eigenvalue weighted by atomic mass is 10.1. The molecule has 156 valence electrons. The molecule has 0 atom stereocenters. The Labute approximate surface area is 178 Å². The van der Waals surface area contributed by atoms with Gasteiger partial charge in [0, 0.05) is 31.7 Å². The van der Waals surface area contributed by atoms with Crippen LogP contribution >= 0.6 is 0 Å². The van der Waals surface area contributed by atoms with E-state index >= 15 is 0 Å². The number of benzene rings is 1. The fourth-order valence-corrected chi connectivity index (χ4v) is 3.63. The average molecular weight is 416 g/mol. The first-order chi connectivity index (χ1) is 15.2. The Morgan fingerprint density at radius 1 is 1.10 bits per heavy atom. The van der Waals surface area contributed by atoms with E-state index in [-0.39, 0.29) is 5.69 Å². The molecule has 0 saturated carbocycles. The van der Waals surface area contributed by atoms with Crippen LogP contribution in [0.2, 0.25) is 0 Å². The molecular formula is C22H20N6O3. The summed E-state index contributed by atoms with van der Waals surface area (Å²) in [7, 11) is 0. The Kier molecular flexibility index (Phi) is 4.98. The fraction of sp³-hybridized carbons (Fsp3) is 0.273. The SMILES string of the molecule is Cc1cccc(-c2noc(CN3CCN(c4oc(-c5ccco5)nc4C#N)CC3)n2)c1. The lowest BCUT2D eigenvalue weighted by Gasteiger charge is -2.33. The van der Waals surface area contributed by atoms with Gasteiger partial charge in [-0.05, 0) is 25.1 Å². The van der Waals surface area contributed by atoms with Crippen LogP contribution in [-0.2, 0) is 6.54 Å². The average Bonchev–Trinajstić information content (AvgIpc) is 3.54. The van der Waals surface area contributed by atoms with Gasteiger partial charge in [0.1, 0.15) is 6.07 Å². The van der Waals surface area contributed by atoms with Crippen LogP contribution in [0.25, 0.3) is 23.0 Å². The minimum Gasteiger partial charge on any atom is -0.459 e. The number of piperazine rings is 1. The summed E-state index contributed by atoms with van der Waals surface area (Å²) in [6.45, 7) is 5.54. The summed E-state index contributed by atoms with van der Waals surface area (Å²) in [6, 6.07) is 13.7. The Morgan fingerprint density at radius 3 is 2.71 bits per heavy atom. The molecule has 9 nitrogen and oxygen atoms in total. The molecule has 0 radical (unpaired) electrons. The molecule has 1 saturated heterocycles. The number of hydrogen-bond donors (Lipinski definition) is 0. The van der Waals surface area contributed by atoms with E-state index in [9.17, 15) is 5.26 Å². The highest BCUT2D eigenvalue weighted by Crippen LogP contribution is 2.29. The van der Waals surface area contributed by atoms with Gasteiger partial charge in [-0.25, -0.2) is 0 Å². The summed E-state index contributed by atoms with van der Waals surface area (Å²) < 4.78 is 16.6. The molecule has 0 spiro atoms. The molecule has 1 aliphatic rings. The van der Waals surface area contributed by atoms with Gasteiger partial charge in [-0.2, -0.15) is 15.2 Å². The molecule has 31 heavy (non-hydrogen) atoms. The predicted octanol–water partition coefficient (Wildman–Crippen LogP) is 3.49. The number of furan rings is 1. The molecule has 1 aliphatic heterocycles. The highest BCUT2D eigenvalue weighted by molar-refractivity contribution is 5.56. The van der Waals surface area contributed by atoms with Gasteiger partial charge in [0.15, 0.2) is 5.76 Å². The summed E-state index contributed by atoms with van der Waals surface area (Å²) in [5.41, 5.74) is 2.36. The van der Waals surface area contributed by atoms with E-state index in [1.54, 1.807) is 18.4 Å². The molecule has 9 heteroatoms. The smallest absolute Gasteiger partial charge is 0.266 e. The number of oxazole rings is 1. The number of aromatic nitrogens is 3. The van der Waals surface area contributed by atoms with E-state index in [0.29, 0.717) is 48.9 Å². The van der Waals surface area contributed by atoms with Crippen molar-refractivity contribution in [1.82, 2.24) is 20.0 Å². The molecule has 0 bridgehead atoms. The molecule has 4 aromatic rings. The zero-order chi connectivity index (χ0) is 21.2. The van der Waals surface area contributed by atoms with Crippen molar-refractivity contribution in [1.29, 1.82) is 5.26 Å². The van der Waals surface area contributed by atoms with Crippen molar-refractivity contribution in [3.63, 3.8) is 0 Å². The van der Waals surface area contributed by atoms with Crippen LogP contribution in [0, 0.1) is 18.3 Å². The third-order valence-electron chi connectivity index (χ3n) is 5.21. The number of aryl methyl sites for hydroxylation is 1. The minimum atomic E-state index is 0.263. The maximum absolute atomic E-state index is 9.45. The van der Waals surface area contributed by atoms with E-state index in [2.05, 4.69) is 26.1 Å². The van der Waals surface area contributed by atoms with Crippen LogP contribution in [0.4, 0.5) is 5.88 Å². The van der Waals surface area contributed by atoms with Crippen LogP contribution in [0.15, 0.2) is 56.0 Å². The van der Waals surface area contributed by atoms with Gasteiger partial charge in [0.2, 0.25) is 23.3 Å². The molecule has 4 heterocycles. The van der Waals surface area contributed by atoms with Crippen LogP contribution < -0.4 is 4.90 Å². The van der Waals surface area contributed by atoms with Crippen LogP contribution in [0.5, 0.6) is 0 Å². The highest BCUT2D eigenvalue weighted by atomic mass is 16.5. The monoisotopic (exact) mass is 416 g/mol. The molecule has 5 rings (SSSR count). The van der Waals surface area contributed by atoms with E-state index in [4.69, 9.17) is 13.4 Å². The quantitative estimate of drug-likeness (QED) is 0.483. The van der Waals surface area contributed by atoms with Crippen LogP contribution in [-0.4, -0.2) is 46.2 Å². The lowest BCUT2D eigenvalue weighted by molar-refractivity contribution is 0.213. The molecule has 1 fully saturated rings. The third kappa shape index (κ3) is 3.93. The Morgan fingerprint density at radius 2 is 1.97 bits per heavy atom. The second-order valence-corrected chi connectivity index (χ2v) is 7.41. The Bertz CT molecular complexity index is 1210. The summed E-state index contributed by atoms with van der Waals surface area (Å²) in [4.78, 5) is 13.1. The molecule has 0 unspecified atom stereocenters. The first kappa shape index (κ1) is 19.1. The van der Waals surface area contributed by atoms with Crippen molar-refractivity contribution in [3.05, 3.63) is 59.8 Å². The zero-order valence-electron chi connectivity index (χ0n) is 17.0. The minimum absolute atomic E-state index is 0.263. The number of hydrogen-bond acceptors (Lipinski definition) is 9. The van der Waals surface area contributed by atoms with Crippen molar-refractivity contribution < 1.29 is 13.4 Å². The van der Waals surface area contributed by atoms with E-state index in [1.807, 2.05) is 36.1 Å². The second kappa shape index (κ2) is 8.08. The second-order valence-electron chi connectivity index (χ2n) is 7.41. The van der Waals surface area contributed by atoms with Crippen molar-refractivity contribution >= 4 is 5.88 Å². The molecule has 0 amide bonds. The van der Waals surface area contributed by atoms with E-state index < -0.39 is 0 Å². The molecule has 3 aromatic heterocycles. The standard InChI is InChI=1S/C22H20N6O3/c1-15-4-2-5-16(12-15)20-25-19(31-26-20)14-27-7-9-28(10-8-27)22-17(13-23)24-21(30-22)18-6-3-11-29-18/h2-6,11-12H,7-10,14H2,1H3. The molecule has 0 N–H and O–H groups in total. The van der Waals surface area contributed by atoms with Gasteiger partial charge >= 0.3 is 0 Å². The van der Waals surface area contributed by atoms with E-state index in [1.165, 1.54) is 0 Å². The maximum atomic E-state index is 9.45. The van der Waals surface area contributed by atoms with Crippen molar-refractivity contribution in [3.8, 4) is 29.1 Å². The van der Waals surface area contributed by atoms with Gasteiger partial charge in [0.25, 0.3) is 5.89 Å². The third-order valence-corrected chi connectivity index (χ3v) is 5.21. The van der Waals surface area contributed by atoms with Gasteiger partial charge in [-0.15, -0.1) is 0 Å². The molecule has 1 aromatic carbocycles. The van der Waals surface area contributed by atoms with Gasteiger partial charge < -0.3 is 18.3 Å². The Balaban J connectivity index is 1.23. The maximum Gasteiger partial charge on any atom is 0.266 e. The summed E-state index contributed by atoms with van der Waals surface area (Å²) in [5.74, 6) is 2.48. The Hall–Kier alpha value is -3.90. The van der Waals surface area contributed by atoms with E-state index in [0.717, 1.165) is 24.2 Å². The van der Waals surface area contributed by atoms with Crippen LogP contribution in [0.1, 0.15) is 17.1 Å². The first-order valence-electron chi connectivity index (χ1n) is 10.0. The lowest BCUT2D eigenvalue weighted by Crippen LogP contribution is -2.46.